The molecule has 1 aromatic heterocycles. The Balaban J connectivity index is 1.60. The number of hydrogen-bond acceptors (Lipinski definition) is 8. The number of fused-ring (bicyclic) bond motifs is 1. The Morgan fingerprint density at radius 2 is 1.65 bits per heavy atom. The molecule has 0 aliphatic heterocycles. The number of aromatic nitrogens is 1. The molecule has 0 aliphatic rings. The minimum atomic E-state index is -4.83. The van der Waals surface area contributed by atoms with E-state index in [2.05, 4.69) is 11.3 Å². The van der Waals surface area contributed by atoms with Crippen LogP contribution in [0.2, 0.25) is 0 Å². The van der Waals surface area contributed by atoms with Crippen LogP contribution in [0.1, 0.15) is 19.4 Å². The summed E-state index contributed by atoms with van der Waals surface area (Å²) < 4.78 is 67.1. The van der Waals surface area contributed by atoms with Crippen LogP contribution in [-0.2, 0) is 25.5 Å². The third-order valence-electron chi connectivity index (χ3n) is 6.08. The Kier molecular flexibility index (Phi) is 12.4. The zero-order valence-corrected chi connectivity index (χ0v) is 24.4. The van der Waals surface area contributed by atoms with Gasteiger partial charge in [-0.2, -0.15) is 0 Å². The van der Waals surface area contributed by atoms with Crippen LogP contribution < -0.4 is 9.47 Å². The van der Waals surface area contributed by atoms with Crippen molar-refractivity contribution in [3.63, 3.8) is 0 Å². The van der Waals surface area contributed by atoms with Gasteiger partial charge in [-0.25, -0.2) is 4.79 Å². The predicted octanol–water partition coefficient (Wildman–Crippen LogP) is 5.03. The highest BCUT2D eigenvalue weighted by molar-refractivity contribution is 5.89. The molecule has 0 aliphatic carbocycles. The summed E-state index contributed by atoms with van der Waals surface area (Å²) in [5.41, 5.74) is 2.32. The molecule has 0 saturated heterocycles. The summed E-state index contributed by atoms with van der Waals surface area (Å²) in [6, 6.07) is 11.9. The van der Waals surface area contributed by atoms with Crippen molar-refractivity contribution < 1.29 is 51.9 Å². The highest BCUT2D eigenvalue weighted by Crippen LogP contribution is 2.38. The fraction of sp³-hybridized carbons (Fsp3) is 0.452. The normalized spacial score (nSPS) is 13.2. The molecule has 12 heteroatoms. The zero-order valence-electron chi connectivity index (χ0n) is 24.4. The number of rotatable bonds is 17. The molecule has 2 aromatic carbocycles. The van der Waals surface area contributed by atoms with Gasteiger partial charge in [0.1, 0.15) is 36.9 Å². The summed E-state index contributed by atoms with van der Waals surface area (Å²) in [7, 11) is 0. The summed E-state index contributed by atoms with van der Waals surface area (Å²) in [5.74, 6) is -0.234. The number of aliphatic hydroxyl groups is 2. The largest absolute Gasteiger partial charge is 0.573 e. The Hall–Kier alpha value is -3.58. The lowest BCUT2D eigenvalue weighted by Crippen LogP contribution is -2.26. The number of carbonyl (C=O) groups excluding carboxylic acids is 1. The van der Waals surface area contributed by atoms with Gasteiger partial charge in [-0.1, -0.05) is 26.5 Å². The van der Waals surface area contributed by atoms with Gasteiger partial charge in [-0.3, -0.25) is 0 Å². The lowest BCUT2D eigenvalue weighted by Gasteiger charge is -2.18. The first kappa shape index (κ1) is 33.9. The summed E-state index contributed by atoms with van der Waals surface area (Å²) in [4.78, 5) is 11.0. The Labute approximate surface area is 248 Å². The van der Waals surface area contributed by atoms with E-state index < -0.39 is 24.5 Å². The number of ether oxygens (including phenoxy) is 5. The molecular weight excluding hydrogens is 571 g/mol. The van der Waals surface area contributed by atoms with Gasteiger partial charge in [0.05, 0.1) is 37.6 Å². The van der Waals surface area contributed by atoms with Gasteiger partial charge < -0.3 is 38.5 Å². The Morgan fingerprint density at radius 1 is 0.977 bits per heavy atom. The maximum Gasteiger partial charge on any atom is 0.573 e. The highest BCUT2D eigenvalue weighted by Gasteiger charge is 2.33. The summed E-state index contributed by atoms with van der Waals surface area (Å²) in [6.45, 7) is 9.51. The first-order valence-corrected chi connectivity index (χ1v) is 13.8. The molecule has 3 rings (SSSR count). The number of esters is 1. The summed E-state index contributed by atoms with van der Waals surface area (Å²) in [6.07, 6.45) is -5.75. The van der Waals surface area contributed by atoms with E-state index >= 15 is 0 Å². The smallest absolute Gasteiger partial charge is 0.491 e. The molecule has 9 nitrogen and oxygen atoms in total. The number of nitrogens with zero attached hydrogens (tertiary/aromatic N) is 1. The number of benzene rings is 2. The van der Waals surface area contributed by atoms with Crippen molar-refractivity contribution in [3.05, 3.63) is 60.7 Å². The fourth-order valence-corrected chi connectivity index (χ4v) is 4.24. The van der Waals surface area contributed by atoms with Crippen molar-refractivity contribution in [1.29, 1.82) is 0 Å². The Morgan fingerprint density at radius 3 is 2.28 bits per heavy atom. The topological polar surface area (TPSA) is 109 Å². The standard InChI is InChI=1S/C31H38F3NO8/c1-5-30(38)42-19-24(37)17-40-11-10-39-16-23(36)18-41-25-8-7-22-13-28(35(15-20(2)3)27(22)14-25)26-9-6-21(4)12-29(26)43-31(32,33)34/h5-9,12-14,20,23-24,36-37H,1,10-11,15-19H2,2-4H3. The number of carbonyl (C=O) groups is 1. The first-order valence-electron chi connectivity index (χ1n) is 13.8. The van der Waals surface area contributed by atoms with Crippen LogP contribution in [0.4, 0.5) is 13.2 Å². The Bertz CT molecular complexity index is 1350. The minimum absolute atomic E-state index is 0.0195. The van der Waals surface area contributed by atoms with E-state index in [-0.39, 0.29) is 51.3 Å². The first-order chi connectivity index (χ1) is 20.4. The van der Waals surface area contributed by atoms with Crippen molar-refractivity contribution in [1.82, 2.24) is 4.57 Å². The second-order valence-corrected chi connectivity index (χ2v) is 10.4. The minimum Gasteiger partial charge on any atom is -0.491 e. The van der Waals surface area contributed by atoms with Gasteiger partial charge in [-0.15, -0.1) is 13.2 Å². The molecule has 1 heterocycles. The van der Waals surface area contributed by atoms with Gasteiger partial charge in [0.25, 0.3) is 0 Å². The predicted molar refractivity (Wildman–Crippen MR) is 154 cm³/mol. The van der Waals surface area contributed by atoms with Crippen LogP contribution in [0.5, 0.6) is 11.5 Å². The lowest BCUT2D eigenvalue weighted by molar-refractivity contribution is -0.274. The molecule has 0 saturated carbocycles. The number of hydrogen-bond donors (Lipinski definition) is 2. The van der Waals surface area contributed by atoms with E-state index in [4.69, 9.17) is 18.9 Å². The van der Waals surface area contributed by atoms with E-state index in [0.29, 0.717) is 29.1 Å². The molecule has 236 valence electrons. The van der Waals surface area contributed by atoms with Gasteiger partial charge in [-0.05, 0) is 48.7 Å². The fourth-order valence-electron chi connectivity index (χ4n) is 4.24. The maximum absolute atomic E-state index is 13.2. The molecule has 0 fully saturated rings. The molecule has 43 heavy (non-hydrogen) atoms. The van der Waals surface area contributed by atoms with Crippen LogP contribution in [0.25, 0.3) is 22.2 Å². The van der Waals surface area contributed by atoms with Crippen molar-refractivity contribution >= 4 is 16.9 Å². The third kappa shape index (κ3) is 10.9. The average Bonchev–Trinajstić information content (AvgIpc) is 3.28. The summed E-state index contributed by atoms with van der Waals surface area (Å²) in [5, 5.41) is 20.8. The van der Waals surface area contributed by atoms with Crippen LogP contribution in [0.3, 0.4) is 0 Å². The second kappa shape index (κ2) is 15.8. The van der Waals surface area contributed by atoms with Crippen LogP contribution >= 0.6 is 0 Å². The van der Waals surface area contributed by atoms with E-state index in [1.807, 2.05) is 30.5 Å². The van der Waals surface area contributed by atoms with Gasteiger partial charge in [0.2, 0.25) is 0 Å². The number of halogens is 3. The number of aliphatic hydroxyl groups excluding tert-OH is 2. The molecular formula is C31H38F3NO8. The lowest BCUT2D eigenvalue weighted by atomic mass is 10.1. The quantitative estimate of drug-likeness (QED) is 0.125. The van der Waals surface area contributed by atoms with Crippen LogP contribution in [0, 0.1) is 12.8 Å². The SMILES string of the molecule is C=CC(=O)OCC(O)COCCOCC(O)COc1ccc2cc(-c3ccc(C)cc3OC(F)(F)F)n(CC(C)C)c2c1. The third-order valence-corrected chi connectivity index (χ3v) is 6.08. The highest BCUT2D eigenvalue weighted by atomic mass is 19.4. The molecule has 0 spiro atoms. The van der Waals surface area contributed by atoms with E-state index in [1.54, 1.807) is 31.2 Å². The van der Waals surface area contributed by atoms with E-state index in [1.165, 1.54) is 6.07 Å². The number of alkyl halides is 3. The van der Waals surface area contributed by atoms with E-state index in [9.17, 15) is 28.2 Å². The molecule has 3 aromatic rings. The second-order valence-electron chi connectivity index (χ2n) is 10.4. The van der Waals surface area contributed by atoms with Gasteiger partial charge in [0, 0.05) is 29.6 Å². The monoisotopic (exact) mass is 609 g/mol. The molecule has 0 radical (unpaired) electrons. The van der Waals surface area contributed by atoms with Crippen molar-refractivity contribution in [2.75, 3.05) is 39.6 Å². The van der Waals surface area contributed by atoms with Crippen molar-refractivity contribution in [3.8, 4) is 22.8 Å². The summed E-state index contributed by atoms with van der Waals surface area (Å²) >= 11 is 0. The van der Waals surface area contributed by atoms with Crippen molar-refractivity contribution in [2.45, 2.75) is 45.9 Å². The number of aryl methyl sites for hydroxylation is 1. The van der Waals surface area contributed by atoms with E-state index in [0.717, 1.165) is 17.0 Å². The van der Waals surface area contributed by atoms with Gasteiger partial charge >= 0.3 is 12.3 Å². The van der Waals surface area contributed by atoms with Crippen LogP contribution in [0.15, 0.2) is 55.1 Å². The van der Waals surface area contributed by atoms with Crippen molar-refractivity contribution in [2.24, 2.45) is 5.92 Å². The molecule has 2 unspecified atom stereocenters. The molecule has 2 N–H and O–H groups in total. The molecule has 0 bridgehead atoms. The zero-order chi connectivity index (χ0) is 31.6. The average molecular weight is 610 g/mol. The maximum atomic E-state index is 13.2. The van der Waals surface area contributed by atoms with Gasteiger partial charge in [0.15, 0.2) is 0 Å². The molecule has 2 atom stereocenters. The molecule has 0 amide bonds. The van der Waals surface area contributed by atoms with Crippen LogP contribution in [-0.4, -0.2) is 79.0 Å².